The number of aromatic nitrogens is 1. The van der Waals surface area contributed by atoms with Gasteiger partial charge in [-0.25, -0.2) is 0 Å². The van der Waals surface area contributed by atoms with E-state index in [9.17, 15) is 0 Å². The number of anilines is 1. The van der Waals surface area contributed by atoms with E-state index < -0.39 is 0 Å². The van der Waals surface area contributed by atoms with Crippen LogP contribution in [0.25, 0.3) is 0 Å². The first-order valence-corrected chi connectivity index (χ1v) is 7.40. The van der Waals surface area contributed by atoms with Crippen molar-refractivity contribution in [1.82, 2.24) is 9.88 Å². The molecule has 0 unspecified atom stereocenters. The molecule has 0 radical (unpaired) electrons. The number of nitrogens with one attached hydrogen (secondary N) is 1. The minimum Gasteiger partial charge on any atom is -0.381 e. The second kappa shape index (κ2) is 6.07. The molecule has 2 aliphatic heterocycles. The topological polar surface area (TPSA) is 37.4 Å². The predicted octanol–water partition coefficient (Wildman–Crippen LogP) is 2.40. The fourth-order valence-corrected chi connectivity index (χ4v) is 3.10. The maximum absolute atomic E-state index is 6.08. The highest BCUT2D eigenvalue weighted by atomic mass is 35.5. The van der Waals surface area contributed by atoms with Crippen molar-refractivity contribution in [2.45, 2.75) is 31.4 Å². The number of pyridine rings is 1. The average molecular weight is 282 g/mol. The second-order valence-corrected chi connectivity index (χ2v) is 5.74. The van der Waals surface area contributed by atoms with E-state index >= 15 is 0 Å². The highest BCUT2D eigenvalue weighted by Crippen LogP contribution is 2.23. The summed E-state index contributed by atoms with van der Waals surface area (Å²) in [6, 6.07) is 2.55. The Labute approximate surface area is 119 Å². The summed E-state index contributed by atoms with van der Waals surface area (Å²) in [5.74, 6) is 0. The van der Waals surface area contributed by atoms with Gasteiger partial charge < -0.3 is 10.1 Å². The minimum atomic E-state index is 0.249. The van der Waals surface area contributed by atoms with Crippen LogP contribution in [-0.2, 0) is 4.74 Å². The van der Waals surface area contributed by atoms with E-state index in [1.54, 1.807) is 12.4 Å². The lowest BCUT2D eigenvalue weighted by Crippen LogP contribution is -2.53. The molecule has 2 fully saturated rings. The van der Waals surface area contributed by atoms with Crippen molar-refractivity contribution < 1.29 is 4.74 Å². The summed E-state index contributed by atoms with van der Waals surface area (Å²) in [6.07, 6.45) is 7.62. The summed E-state index contributed by atoms with van der Waals surface area (Å²) in [7, 11) is 0. The Morgan fingerprint density at radius 3 is 3.32 bits per heavy atom. The number of morpholine rings is 1. The second-order valence-electron chi connectivity index (χ2n) is 5.34. The molecule has 4 nitrogen and oxygen atoms in total. The molecule has 2 atom stereocenters. The van der Waals surface area contributed by atoms with Crippen molar-refractivity contribution in [3.8, 4) is 0 Å². The summed E-state index contributed by atoms with van der Waals surface area (Å²) in [5.41, 5.74) is 0.932. The summed E-state index contributed by atoms with van der Waals surface area (Å²) >= 11 is 6.08. The zero-order valence-electron chi connectivity index (χ0n) is 11.0. The Morgan fingerprint density at radius 1 is 1.47 bits per heavy atom. The van der Waals surface area contributed by atoms with Gasteiger partial charge in [0.25, 0.3) is 0 Å². The number of nitrogens with zero attached hydrogens (tertiary/aromatic N) is 2. The zero-order valence-corrected chi connectivity index (χ0v) is 11.8. The van der Waals surface area contributed by atoms with Crippen LogP contribution >= 0.6 is 11.6 Å². The van der Waals surface area contributed by atoms with Crippen LogP contribution in [0.4, 0.5) is 5.69 Å². The molecule has 0 spiro atoms. The molecule has 0 saturated carbocycles. The molecule has 0 aliphatic carbocycles. The molecule has 1 aromatic heterocycles. The summed E-state index contributed by atoms with van der Waals surface area (Å²) < 4.78 is 5.95. The fourth-order valence-electron chi connectivity index (χ4n) is 2.92. The normalized spacial score (nSPS) is 27.8. The van der Waals surface area contributed by atoms with E-state index in [0.29, 0.717) is 11.1 Å². The third-order valence-corrected chi connectivity index (χ3v) is 4.31. The largest absolute Gasteiger partial charge is 0.381 e. The molecular weight excluding hydrogens is 262 g/mol. The van der Waals surface area contributed by atoms with Crippen LogP contribution < -0.4 is 5.32 Å². The van der Waals surface area contributed by atoms with Gasteiger partial charge in [-0.15, -0.1) is 0 Å². The number of ether oxygens (including phenoxy) is 1. The minimum absolute atomic E-state index is 0.249. The lowest BCUT2D eigenvalue weighted by atomic mass is 10.0. The molecule has 0 aromatic carbocycles. The predicted molar refractivity (Wildman–Crippen MR) is 76.7 cm³/mol. The standard InChI is InChI=1S/C14H20ClN3O/c15-13-8-16-5-4-14(13)17-7-12-9-18-6-2-1-3-11(18)10-19-12/h4-5,8,11-12H,1-3,6-7,9-10H2,(H,16,17)/t11-,12-/m0/s1. The Morgan fingerprint density at radius 2 is 2.42 bits per heavy atom. The molecule has 3 rings (SSSR count). The zero-order chi connectivity index (χ0) is 13.1. The van der Waals surface area contributed by atoms with Gasteiger partial charge in [0.1, 0.15) is 0 Å². The number of fused-ring (bicyclic) bond motifs is 1. The van der Waals surface area contributed by atoms with E-state index in [-0.39, 0.29) is 6.10 Å². The maximum Gasteiger partial charge on any atom is 0.0874 e. The quantitative estimate of drug-likeness (QED) is 0.923. The van der Waals surface area contributed by atoms with Gasteiger partial charge in [-0.2, -0.15) is 0 Å². The van der Waals surface area contributed by atoms with E-state index in [1.807, 2.05) is 6.07 Å². The highest BCUT2D eigenvalue weighted by Gasteiger charge is 2.30. The highest BCUT2D eigenvalue weighted by molar-refractivity contribution is 6.33. The van der Waals surface area contributed by atoms with Crippen molar-refractivity contribution in [2.75, 3.05) is 31.6 Å². The molecule has 2 aliphatic rings. The molecule has 2 saturated heterocycles. The third-order valence-electron chi connectivity index (χ3n) is 4.00. The first-order chi connectivity index (χ1) is 9.33. The van der Waals surface area contributed by atoms with E-state index in [0.717, 1.165) is 25.4 Å². The van der Waals surface area contributed by atoms with Crippen LogP contribution in [0, 0.1) is 0 Å². The number of piperidine rings is 1. The van der Waals surface area contributed by atoms with Gasteiger partial charge in [0.2, 0.25) is 0 Å². The first-order valence-electron chi connectivity index (χ1n) is 7.02. The first kappa shape index (κ1) is 13.2. The van der Waals surface area contributed by atoms with Crippen molar-refractivity contribution in [3.05, 3.63) is 23.5 Å². The maximum atomic E-state index is 6.08. The number of halogens is 1. The molecule has 19 heavy (non-hydrogen) atoms. The monoisotopic (exact) mass is 281 g/mol. The lowest BCUT2D eigenvalue weighted by Gasteiger charge is -2.42. The van der Waals surface area contributed by atoms with Crippen LogP contribution in [0.1, 0.15) is 19.3 Å². The Hall–Kier alpha value is -0.840. The Bertz CT molecular complexity index is 429. The number of rotatable bonds is 3. The third kappa shape index (κ3) is 3.19. The van der Waals surface area contributed by atoms with Crippen molar-refractivity contribution in [3.63, 3.8) is 0 Å². The Kier molecular flexibility index (Phi) is 4.21. The molecule has 1 N–H and O–H groups in total. The summed E-state index contributed by atoms with van der Waals surface area (Å²) in [4.78, 5) is 6.56. The van der Waals surface area contributed by atoms with Crippen LogP contribution in [0.5, 0.6) is 0 Å². The SMILES string of the molecule is Clc1cnccc1NC[C@H]1CN2CCCC[C@H]2CO1. The number of hydrogen-bond donors (Lipinski definition) is 1. The van der Waals surface area contributed by atoms with E-state index in [4.69, 9.17) is 16.3 Å². The van der Waals surface area contributed by atoms with Gasteiger partial charge in [-0.1, -0.05) is 18.0 Å². The molecule has 104 valence electrons. The van der Waals surface area contributed by atoms with E-state index in [1.165, 1.54) is 25.8 Å². The van der Waals surface area contributed by atoms with E-state index in [2.05, 4.69) is 15.2 Å². The van der Waals surface area contributed by atoms with Gasteiger partial charge >= 0.3 is 0 Å². The van der Waals surface area contributed by atoms with Crippen molar-refractivity contribution in [1.29, 1.82) is 0 Å². The molecule has 0 bridgehead atoms. The molecular formula is C14H20ClN3O. The van der Waals surface area contributed by atoms with Gasteiger partial charge in [-0.3, -0.25) is 9.88 Å². The van der Waals surface area contributed by atoms with Crippen LogP contribution in [0.3, 0.4) is 0 Å². The molecule has 5 heteroatoms. The molecule has 0 amide bonds. The van der Waals surface area contributed by atoms with Crippen molar-refractivity contribution >= 4 is 17.3 Å². The summed E-state index contributed by atoms with van der Waals surface area (Å²) in [5, 5.41) is 4.02. The number of hydrogen-bond acceptors (Lipinski definition) is 4. The van der Waals surface area contributed by atoms with Gasteiger partial charge in [0, 0.05) is 31.5 Å². The van der Waals surface area contributed by atoms with Crippen LogP contribution in [0.2, 0.25) is 5.02 Å². The van der Waals surface area contributed by atoms with Gasteiger partial charge in [-0.05, 0) is 25.5 Å². The lowest BCUT2D eigenvalue weighted by molar-refractivity contribution is -0.0688. The van der Waals surface area contributed by atoms with Gasteiger partial charge in [0.05, 0.1) is 23.4 Å². The smallest absolute Gasteiger partial charge is 0.0874 e. The summed E-state index contributed by atoms with van der Waals surface area (Å²) in [6.45, 7) is 3.92. The fraction of sp³-hybridized carbons (Fsp3) is 0.643. The van der Waals surface area contributed by atoms with Crippen LogP contribution in [0.15, 0.2) is 18.5 Å². The van der Waals surface area contributed by atoms with Crippen LogP contribution in [-0.4, -0.2) is 48.3 Å². The average Bonchev–Trinajstić information content (AvgIpc) is 2.46. The molecule has 3 heterocycles. The van der Waals surface area contributed by atoms with Crippen molar-refractivity contribution in [2.24, 2.45) is 0 Å². The Balaban J connectivity index is 1.52. The van der Waals surface area contributed by atoms with Gasteiger partial charge in [0.15, 0.2) is 0 Å². The molecule has 1 aromatic rings.